The van der Waals surface area contributed by atoms with E-state index in [4.69, 9.17) is 9.47 Å². The van der Waals surface area contributed by atoms with E-state index in [0.29, 0.717) is 63.5 Å². The summed E-state index contributed by atoms with van der Waals surface area (Å²) in [7, 11) is -3.64. The van der Waals surface area contributed by atoms with Crippen molar-refractivity contribution in [2.24, 2.45) is 11.8 Å². The molecule has 7 nitrogen and oxygen atoms in total. The van der Waals surface area contributed by atoms with Gasteiger partial charge in [0, 0.05) is 31.8 Å². The van der Waals surface area contributed by atoms with Crippen LogP contribution in [0.3, 0.4) is 0 Å². The van der Waals surface area contributed by atoms with E-state index in [0.717, 1.165) is 17.5 Å². The van der Waals surface area contributed by atoms with Crippen molar-refractivity contribution in [3.05, 3.63) is 65.2 Å². The summed E-state index contributed by atoms with van der Waals surface area (Å²) in [6, 6.07) is 14.1. The van der Waals surface area contributed by atoms with Crippen LogP contribution in [0, 0.1) is 11.8 Å². The number of ether oxygens (including phenoxy) is 2. The SMILES string of the molecule is CCOCCOCc1cccc(CNC(=O)c2cccc(S(=O)(=O)N3CC(C)CC(C)C3)c2)c1. The molecule has 3 rings (SSSR count). The summed E-state index contributed by atoms with van der Waals surface area (Å²) in [5.74, 6) is 0.322. The number of nitrogens with zero attached hydrogens (tertiary/aromatic N) is 1. The Balaban J connectivity index is 1.60. The summed E-state index contributed by atoms with van der Waals surface area (Å²) < 4.78 is 38.8. The molecule has 8 heteroatoms. The van der Waals surface area contributed by atoms with Crippen molar-refractivity contribution in [1.29, 1.82) is 0 Å². The second-order valence-electron chi connectivity index (χ2n) is 9.05. The van der Waals surface area contributed by atoms with Crippen molar-refractivity contribution in [3.63, 3.8) is 0 Å². The van der Waals surface area contributed by atoms with Gasteiger partial charge in [0.1, 0.15) is 0 Å². The molecule has 1 aliphatic rings. The third-order valence-electron chi connectivity index (χ3n) is 5.86. The van der Waals surface area contributed by atoms with Crippen LogP contribution in [0.25, 0.3) is 0 Å². The Morgan fingerprint density at radius 1 is 1.00 bits per heavy atom. The number of sulfonamides is 1. The summed E-state index contributed by atoms with van der Waals surface area (Å²) in [6.45, 7) is 9.69. The molecule has 0 aliphatic carbocycles. The van der Waals surface area contributed by atoms with Crippen LogP contribution in [-0.4, -0.2) is 51.5 Å². The lowest BCUT2D eigenvalue weighted by Gasteiger charge is -2.34. The number of nitrogens with one attached hydrogen (secondary N) is 1. The molecular weight excluding hydrogens is 452 g/mol. The molecule has 2 aromatic carbocycles. The molecular formula is C26H36N2O5S. The van der Waals surface area contributed by atoms with Gasteiger partial charge in [-0.3, -0.25) is 4.79 Å². The Kier molecular flexibility index (Phi) is 9.64. The molecule has 2 atom stereocenters. The fourth-order valence-corrected chi connectivity index (χ4v) is 6.04. The second kappa shape index (κ2) is 12.4. The molecule has 0 aromatic heterocycles. The number of rotatable bonds is 11. The number of hydrogen-bond acceptors (Lipinski definition) is 5. The zero-order chi connectivity index (χ0) is 24.6. The molecule has 0 bridgehead atoms. The van der Waals surface area contributed by atoms with Gasteiger partial charge in [-0.1, -0.05) is 44.2 Å². The summed E-state index contributed by atoms with van der Waals surface area (Å²) >= 11 is 0. The lowest BCUT2D eigenvalue weighted by molar-refractivity contribution is 0.0453. The highest BCUT2D eigenvalue weighted by atomic mass is 32.2. The largest absolute Gasteiger partial charge is 0.379 e. The van der Waals surface area contributed by atoms with E-state index in [1.807, 2.05) is 31.2 Å². The molecule has 1 N–H and O–H groups in total. The lowest BCUT2D eigenvalue weighted by atomic mass is 9.94. The Bertz CT molecular complexity index is 1050. The summed E-state index contributed by atoms with van der Waals surface area (Å²) in [6.07, 6.45) is 1.02. The fraction of sp³-hybridized carbons (Fsp3) is 0.500. The van der Waals surface area contributed by atoms with Crippen LogP contribution < -0.4 is 5.32 Å². The molecule has 2 unspecified atom stereocenters. The number of piperidine rings is 1. The predicted octanol–water partition coefficient (Wildman–Crippen LogP) is 3.84. The quantitative estimate of drug-likeness (QED) is 0.486. The third-order valence-corrected chi connectivity index (χ3v) is 7.69. The van der Waals surface area contributed by atoms with Crippen LogP contribution in [0.15, 0.2) is 53.4 Å². The smallest absolute Gasteiger partial charge is 0.251 e. The van der Waals surface area contributed by atoms with E-state index in [1.54, 1.807) is 22.5 Å². The Hall–Kier alpha value is -2.26. The van der Waals surface area contributed by atoms with E-state index < -0.39 is 10.0 Å². The Labute approximate surface area is 203 Å². The van der Waals surface area contributed by atoms with Crippen LogP contribution >= 0.6 is 0 Å². The van der Waals surface area contributed by atoms with Gasteiger partial charge in [-0.2, -0.15) is 4.31 Å². The maximum absolute atomic E-state index is 13.2. The molecule has 1 saturated heterocycles. The van der Waals surface area contributed by atoms with Gasteiger partial charge in [0.2, 0.25) is 10.0 Å². The van der Waals surface area contributed by atoms with Crippen molar-refractivity contribution in [2.45, 2.75) is 45.2 Å². The van der Waals surface area contributed by atoms with Crippen LogP contribution in [0.2, 0.25) is 0 Å². The van der Waals surface area contributed by atoms with E-state index in [-0.39, 0.29) is 10.8 Å². The molecule has 2 aromatic rings. The van der Waals surface area contributed by atoms with Crippen LogP contribution in [0.1, 0.15) is 48.7 Å². The zero-order valence-corrected chi connectivity index (χ0v) is 21.1. The molecule has 0 saturated carbocycles. The Morgan fingerprint density at radius 2 is 1.68 bits per heavy atom. The summed E-state index contributed by atoms with van der Waals surface area (Å²) in [4.78, 5) is 12.9. The minimum absolute atomic E-state index is 0.160. The number of hydrogen-bond donors (Lipinski definition) is 1. The van der Waals surface area contributed by atoms with E-state index in [2.05, 4.69) is 19.2 Å². The van der Waals surface area contributed by atoms with Gasteiger partial charge >= 0.3 is 0 Å². The first-order chi connectivity index (χ1) is 16.3. The van der Waals surface area contributed by atoms with E-state index >= 15 is 0 Å². The van der Waals surface area contributed by atoms with Crippen molar-refractivity contribution in [2.75, 3.05) is 32.9 Å². The van der Waals surface area contributed by atoms with Crippen molar-refractivity contribution < 1.29 is 22.7 Å². The first kappa shape index (κ1) is 26.3. The van der Waals surface area contributed by atoms with Gasteiger partial charge in [0.25, 0.3) is 5.91 Å². The van der Waals surface area contributed by atoms with Crippen LogP contribution in [0.5, 0.6) is 0 Å². The molecule has 0 radical (unpaired) electrons. The first-order valence-electron chi connectivity index (χ1n) is 11.9. The van der Waals surface area contributed by atoms with Gasteiger partial charge < -0.3 is 14.8 Å². The molecule has 186 valence electrons. The normalized spacial score (nSPS) is 19.1. The topological polar surface area (TPSA) is 84.9 Å². The van der Waals surface area contributed by atoms with Gasteiger partial charge in [-0.15, -0.1) is 0 Å². The molecule has 1 amide bonds. The highest BCUT2D eigenvalue weighted by molar-refractivity contribution is 7.89. The average Bonchev–Trinajstić information content (AvgIpc) is 2.82. The van der Waals surface area contributed by atoms with Gasteiger partial charge in [0.05, 0.1) is 24.7 Å². The Morgan fingerprint density at radius 3 is 2.41 bits per heavy atom. The second-order valence-corrected chi connectivity index (χ2v) is 11.0. The van der Waals surface area contributed by atoms with Gasteiger partial charge in [0.15, 0.2) is 0 Å². The summed E-state index contributed by atoms with van der Waals surface area (Å²) in [5.41, 5.74) is 2.29. The van der Waals surface area contributed by atoms with E-state index in [1.165, 1.54) is 6.07 Å². The molecule has 1 fully saturated rings. The van der Waals surface area contributed by atoms with Crippen LogP contribution in [0.4, 0.5) is 0 Å². The van der Waals surface area contributed by atoms with Crippen molar-refractivity contribution >= 4 is 15.9 Å². The van der Waals surface area contributed by atoms with Crippen molar-refractivity contribution in [1.82, 2.24) is 9.62 Å². The third kappa shape index (κ3) is 7.37. The molecule has 34 heavy (non-hydrogen) atoms. The lowest BCUT2D eigenvalue weighted by Crippen LogP contribution is -2.42. The summed E-state index contributed by atoms with van der Waals surface area (Å²) in [5, 5.41) is 2.89. The molecule has 1 heterocycles. The molecule has 1 aliphatic heterocycles. The highest BCUT2D eigenvalue weighted by Crippen LogP contribution is 2.27. The maximum atomic E-state index is 13.2. The number of carbonyl (C=O) groups is 1. The van der Waals surface area contributed by atoms with Gasteiger partial charge in [-0.25, -0.2) is 8.42 Å². The highest BCUT2D eigenvalue weighted by Gasteiger charge is 2.31. The fourth-order valence-electron chi connectivity index (χ4n) is 4.31. The maximum Gasteiger partial charge on any atom is 0.251 e. The number of benzene rings is 2. The number of amides is 1. The zero-order valence-electron chi connectivity index (χ0n) is 20.3. The monoisotopic (exact) mass is 488 g/mol. The standard InChI is InChI=1S/C26H36N2O5S/c1-4-32-11-12-33-19-23-8-5-7-22(14-23)16-27-26(29)24-9-6-10-25(15-24)34(30,31)28-17-20(2)13-21(3)18-28/h5-10,14-15,20-21H,4,11-13,16-19H2,1-3H3,(H,27,29). The van der Waals surface area contributed by atoms with E-state index in [9.17, 15) is 13.2 Å². The minimum Gasteiger partial charge on any atom is -0.379 e. The van der Waals surface area contributed by atoms with Crippen LogP contribution in [-0.2, 0) is 32.6 Å². The first-order valence-corrected chi connectivity index (χ1v) is 13.3. The average molecular weight is 489 g/mol. The predicted molar refractivity (Wildman–Crippen MR) is 132 cm³/mol. The number of carbonyl (C=O) groups excluding carboxylic acids is 1. The van der Waals surface area contributed by atoms with Crippen molar-refractivity contribution in [3.8, 4) is 0 Å². The molecule has 0 spiro atoms. The van der Waals surface area contributed by atoms with Gasteiger partial charge in [-0.05, 0) is 54.5 Å². The minimum atomic E-state index is -3.64.